The van der Waals surface area contributed by atoms with E-state index in [0.717, 1.165) is 12.3 Å². The van der Waals surface area contributed by atoms with Gasteiger partial charge in [-0.2, -0.15) is 0 Å². The second-order valence-corrected chi connectivity index (χ2v) is 6.98. The predicted octanol–water partition coefficient (Wildman–Crippen LogP) is 5.35. The van der Waals surface area contributed by atoms with Crippen LogP contribution in [0.5, 0.6) is 0 Å². The maximum absolute atomic E-state index is 2.55. The van der Waals surface area contributed by atoms with Crippen LogP contribution in [0.2, 0.25) is 0 Å². The van der Waals surface area contributed by atoms with Crippen molar-refractivity contribution >= 4 is 6.08 Å². The minimum atomic E-state index is 0.0507. The van der Waals surface area contributed by atoms with Crippen LogP contribution in [-0.4, -0.2) is 18.5 Å². The van der Waals surface area contributed by atoms with Crippen LogP contribution in [0.4, 0.5) is 0 Å². The predicted molar refractivity (Wildman–Crippen MR) is 99.2 cm³/mol. The van der Waals surface area contributed by atoms with Gasteiger partial charge in [-0.05, 0) is 50.3 Å². The molecule has 0 bridgehead atoms. The van der Waals surface area contributed by atoms with Gasteiger partial charge >= 0.3 is 0 Å². The van der Waals surface area contributed by atoms with Crippen LogP contribution in [-0.2, 0) is 5.54 Å². The van der Waals surface area contributed by atoms with E-state index in [-0.39, 0.29) is 5.54 Å². The Morgan fingerprint density at radius 3 is 2.22 bits per heavy atom. The van der Waals surface area contributed by atoms with E-state index in [1.807, 2.05) is 0 Å². The molecule has 23 heavy (non-hydrogen) atoms. The fourth-order valence-electron chi connectivity index (χ4n) is 3.17. The van der Waals surface area contributed by atoms with E-state index in [2.05, 4.69) is 91.7 Å². The zero-order valence-electron chi connectivity index (χ0n) is 14.3. The van der Waals surface area contributed by atoms with Gasteiger partial charge in [-0.25, -0.2) is 0 Å². The van der Waals surface area contributed by atoms with Crippen LogP contribution in [0.25, 0.3) is 6.08 Å². The lowest BCUT2D eigenvalue weighted by molar-refractivity contribution is 0.133. The van der Waals surface area contributed by atoms with Crippen molar-refractivity contribution in [1.82, 2.24) is 4.90 Å². The Kier molecular flexibility index (Phi) is 4.97. The first-order chi connectivity index (χ1) is 11.2. The lowest BCUT2D eigenvalue weighted by Gasteiger charge is -2.39. The smallest absolute Gasteiger partial charge is 0.0464 e. The van der Waals surface area contributed by atoms with Crippen molar-refractivity contribution in [1.29, 1.82) is 0 Å². The number of nitrogens with zero attached hydrogens (tertiary/aromatic N) is 1. The summed E-state index contributed by atoms with van der Waals surface area (Å²) in [6.07, 6.45) is 8.39. The van der Waals surface area contributed by atoms with Gasteiger partial charge in [0.1, 0.15) is 0 Å². The van der Waals surface area contributed by atoms with Gasteiger partial charge in [0.2, 0.25) is 0 Å². The Labute approximate surface area is 140 Å². The molecule has 2 aromatic carbocycles. The zero-order valence-corrected chi connectivity index (χ0v) is 14.3. The first-order valence-corrected chi connectivity index (χ1v) is 8.67. The van der Waals surface area contributed by atoms with Crippen molar-refractivity contribution in [3.63, 3.8) is 0 Å². The highest BCUT2D eigenvalue weighted by atomic mass is 15.2. The summed E-state index contributed by atoms with van der Waals surface area (Å²) in [7, 11) is 2.28. The maximum atomic E-state index is 2.55. The molecule has 0 aromatic heterocycles. The van der Waals surface area contributed by atoms with Crippen LogP contribution in [0.15, 0.2) is 66.7 Å². The zero-order chi connectivity index (χ0) is 16.1. The van der Waals surface area contributed by atoms with E-state index in [1.54, 1.807) is 0 Å². The van der Waals surface area contributed by atoms with Gasteiger partial charge in [0.05, 0.1) is 0 Å². The molecule has 2 aromatic rings. The number of rotatable bonds is 7. The minimum Gasteiger partial charge on any atom is -0.296 e. The minimum absolute atomic E-state index is 0.0507. The quantitative estimate of drug-likeness (QED) is 0.666. The SMILES string of the molecule is CN(CC1CC1)C(C)(CC=Cc1ccccc1)c1ccccc1. The Balaban J connectivity index is 1.78. The van der Waals surface area contributed by atoms with Gasteiger partial charge in [-0.3, -0.25) is 4.90 Å². The standard InChI is InChI=1S/C22H27N/c1-22(21-13-7-4-8-14-21,23(2)18-20-15-16-20)17-9-12-19-10-5-3-6-11-19/h3-14,20H,15-18H2,1-2H3. The first-order valence-electron chi connectivity index (χ1n) is 8.67. The molecule has 0 radical (unpaired) electrons. The highest BCUT2D eigenvalue weighted by Crippen LogP contribution is 2.36. The van der Waals surface area contributed by atoms with E-state index in [9.17, 15) is 0 Å². The molecule has 1 aliphatic carbocycles. The van der Waals surface area contributed by atoms with Gasteiger partial charge < -0.3 is 0 Å². The monoisotopic (exact) mass is 305 g/mol. The number of benzene rings is 2. The first kappa shape index (κ1) is 16.0. The van der Waals surface area contributed by atoms with Crippen molar-refractivity contribution in [2.45, 2.75) is 31.7 Å². The molecule has 0 heterocycles. The summed E-state index contributed by atoms with van der Waals surface area (Å²) in [5.41, 5.74) is 2.73. The lowest BCUT2D eigenvalue weighted by Crippen LogP contribution is -2.42. The lowest BCUT2D eigenvalue weighted by atomic mass is 9.86. The molecular formula is C22H27N. The Morgan fingerprint density at radius 1 is 1.00 bits per heavy atom. The number of hydrogen-bond donors (Lipinski definition) is 0. The third-order valence-corrected chi connectivity index (χ3v) is 5.09. The molecular weight excluding hydrogens is 278 g/mol. The second kappa shape index (κ2) is 7.14. The van der Waals surface area contributed by atoms with Crippen molar-refractivity contribution in [2.24, 2.45) is 5.92 Å². The Hall–Kier alpha value is -1.86. The van der Waals surface area contributed by atoms with Crippen molar-refractivity contribution in [3.05, 3.63) is 77.9 Å². The fourth-order valence-corrected chi connectivity index (χ4v) is 3.17. The summed E-state index contributed by atoms with van der Waals surface area (Å²) in [4.78, 5) is 2.55. The van der Waals surface area contributed by atoms with Crippen LogP contribution < -0.4 is 0 Å². The van der Waals surface area contributed by atoms with Gasteiger partial charge in [0, 0.05) is 12.1 Å². The molecule has 1 heteroatoms. The molecule has 3 rings (SSSR count). The molecule has 0 amide bonds. The van der Waals surface area contributed by atoms with E-state index in [0.29, 0.717) is 0 Å². The molecule has 120 valence electrons. The number of hydrogen-bond acceptors (Lipinski definition) is 1. The Morgan fingerprint density at radius 2 is 1.61 bits per heavy atom. The summed E-state index contributed by atoms with van der Waals surface area (Å²) in [5.74, 6) is 0.904. The van der Waals surface area contributed by atoms with E-state index >= 15 is 0 Å². The molecule has 1 atom stereocenters. The topological polar surface area (TPSA) is 3.24 Å². The average molecular weight is 305 g/mol. The van der Waals surface area contributed by atoms with Gasteiger partial charge in [-0.1, -0.05) is 72.8 Å². The average Bonchev–Trinajstić information content (AvgIpc) is 3.40. The molecule has 0 aliphatic heterocycles. The molecule has 0 spiro atoms. The normalized spacial score (nSPS) is 17.5. The summed E-state index contributed by atoms with van der Waals surface area (Å²) in [6.45, 7) is 3.57. The van der Waals surface area contributed by atoms with E-state index in [1.165, 1.54) is 30.5 Å². The van der Waals surface area contributed by atoms with Crippen molar-refractivity contribution in [2.75, 3.05) is 13.6 Å². The van der Waals surface area contributed by atoms with Crippen LogP contribution in [0.1, 0.15) is 37.3 Å². The van der Waals surface area contributed by atoms with Crippen molar-refractivity contribution in [3.8, 4) is 0 Å². The molecule has 0 saturated heterocycles. The van der Waals surface area contributed by atoms with Gasteiger partial charge in [0.15, 0.2) is 0 Å². The molecule has 1 saturated carbocycles. The largest absolute Gasteiger partial charge is 0.296 e. The molecule has 1 unspecified atom stereocenters. The third kappa shape index (κ3) is 4.11. The van der Waals surface area contributed by atoms with Gasteiger partial charge in [0.25, 0.3) is 0 Å². The fraction of sp³-hybridized carbons (Fsp3) is 0.364. The van der Waals surface area contributed by atoms with E-state index in [4.69, 9.17) is 0 Å². The maximum Gasteiger partial charge on any atom is 0.0464 e. The second-order valence-electron chi connectivity index (χ2n) is 6.98. The molecule has 1 aliphatic rings. The highest BCUT2D eigenvalue weighted by Gasteiger charge is 2.34. The summed E-state index contributed by atoms with van der Waals surface area (Å²) in [6, 6.07) is 21.5. The van der Waals surface area contributed by atoms with Crippen molar-refractivity contribution < 1.29 is 0 Å². The van der Waals surface area contributed by atoms with Crippen LogP contribution in [0, 0.1) is 5.92 Å². The Bertz CT molecular complexity index is 628. The molecule has 1 nitrogen and oxygen atoms in total. The van der Waals surface area contributed by atoms with E-state index < -0.39 is 0 Å². The third-order valence-electron chi connectivity index (χ3n) is 5.09. The van der Waals surface area contributed by atoms with Crippen LogP contribution in [0.3, 0.4) is 0 Å². The summed E-state index contributed by atoms with van der Waals surface area (Å²) < 4.78 is 0. The molecule has 1 fully saturated rings. The summed E-state index contributed by atoms with van der Waals surface area (Å²) in [5, 5.41) is 0. The summed E-state index contributed by atoms with van der Waals surface area (Å²) >= 11 is 0. The highest BCUT2D eigenvalue weighted by molar-refractivity contribution is 5.49. The van der Waals surface area contributed by atoms with Gasteiger partial charge in [-0.15, -0.1) is 0 Å². The molecule has 0 N–H and O–H groups in total. The van der Waals surface area contributed by atoms with Crippen LogP contribution >= 0.6 is 0 Å².